The Morgan fingerprint density at radius 1 is 1.38 bits per heavy atom. The van der Waals surface area contributed by atoms with Gasteiger partial charge in [-0.3, -0.25) is 4.79 Å². The lowest BCUT2D eigenvalue weighted by Crippen LogP contribution is -2.41. The van der Waals surface area contributed by atoms with Crippen molar-refractivity contribution in [3.63, 3.8) is 0 Å². The first-order chi connectivity index (χ1) is 9.90. The van der Waals surface area contributed by atoms with Crippen LogP contribution in [0.25, 0.3) is 0 Å². The highest BCUT2D eigenvalue weighted by molar-refractivity contribution is 9.10. The molecule has 2 rings (SSSR count). The van der Waals surface area contributed by atoms with E-state index in [2.05, 4.69) is 37.9 Å². The molecule has 0 bridgehead atoms. The van der Waals surface area contributed by atoms with Gasteiger partial charge in [-0.2, -0.15) is 0 Å². The van der Waals surface area contributed by atoms with Crippen molar-refractivity contribution in [3.8, 4) is 0 Å². The molecule has 6 heteroatoms. The highest BCUT2D eigenvalue weighted by Gasteiger charge is 2.24. The molecule has 0 unspecified atom stereocenters. The minimum absolute atomic E-state index is 0.00750. The molecular weight excluding hydrogens is 350 g/mol. The van der Waals surface area contributed by atoms with Crippen molar-refractivity contribution in [1.29, 1.82) is 0 Å². The number of thiocarbonyl (C=S) groups is 1. The summed E-state index contributed by atoms with van der Waals surface area (Å²) in [7, 11) is 4.01. The monoisotopic (exact) mass is 369 g/mol. The Kier molecular flexibility index (Phi) is 5.22. The van der Waals surface area contributed by atoms with Gasteiger partial charge in [-0.25, -0.2) is 0 Å². The van der Waals surface area contributed by atoms with Gasteiger partial charge >= 0.3 is 0 Å². The molecule has 0 radical (unpaired) electrons. The van der Waals surface area contributed by atoms with E-state index in [1.807, 2.05) is 20.2 Å². The average Bonchev–Trinajstić information content (AvgIpc) is 2.46. The molecule has 1 aliphatic heterocycles. The van der Waals surface area contributed by atoms with Gasteiger partial charge in [0, 0.05) is 43.1 Å². The first-order valence-corrected chi connectivity index (χ1v) is 8.15. The third-order valence-electron chi connectivity index (χ3n) is 3.86. The Balaban J connectivity index is 2.07. The average molecular weight is 370 g/mol. The number of nitrogens with two attached hydrogens (primary N) is 1. The Labute approximate surface area is 139 Å². The molecule has 2 N–H and O–H groups in total. The molecule has 0 saturated carbocycles. The molecule has 114 valence electrons. The molecule has 1 aliphatic rings. The van der Waals surface area contributed by atoms with Crippen molar-refractivity contribution in [1.82, 2.24) is 4.90 Å². The maximum Gasteiger partial charge on any atom is 0.220 e. The fraction of sp³-hybridized carbons (Fsp3) is 0.467. The number of piperidine rings is 1. The molecule has 1 aromatic carbocycles. The second kappa shape index (κ2) is 6.75. The number of nitrogens with zero attached hydrogens (tertiary/aromatic N) is 2. The highest BCUT2D eigenvalue weighted by Crippen LogP contribution is 2.27. The summed E-state index contributed by atoms with van der Waals surface area (Å²) in [4.78, 5) is 16.3. The fourth-order valence-corrected chi connectivity index (χ4v) is 3.60. The van der Waals surface area contributed by atoms with E-state index in [9.17, 15) is 4.79 Å². The van der Waals surface area contributed by atoms with Gasteiger partial charge in [-0.15, -0.1) is 0 Å². The standard InChI is InChI=1S/C15H20BrN3OS/c1-18(2)13-4-3-11(9-12(13)16)15(21)19-7-5-10(6-8-19)14(17)20/h3-4,9-10H,5-8H2,1-2H3,(H2,17,20). The number of hydrogen-bond donors (Lipinski definition) is 1. The Hall–Kier alpha value is -1.14. The predicted octanol–water partition coefficient (Wildman–Crippen LogP) is 2.39. The minimum Gasteiger partial charge on any atom is -0.377 e. The van der Waals surface area contributed by atoms with Crippen LogP contribution in [0.15, 0.2) is 22.7 Å². The summed E-state index contributed by atoms with van der Waals surface area (Å²) in [6.45, 7) is 1.58. The zero-order chi connectivity index (χ0) is 15.6. The van der Waals surface area contributed by atoms with E-state index in [-0.39, 0.29) is 11.8 Å². The number of amides is 1. The van der Waals surface area contributed by atoms with Crippen molar-refractivity contribution in [2.24, 2.45) is 11.7 Å². The summed E-state index contributed by atoms with van der Waals surface area (Å²) in [5.41, 5.74) is 7.51. The number of hydrogen-bond acceptors (Lipinski definition) is 3. The van der Waals surface area contributed by atoms with E-state index in [0.29, 0.717) is 0 Å². The zero-order valence-corrected chi connectivity index (χ0v) is 14.7. The van der Waals surface area contributed by atoms with Crippen molar-refractivity contribution >= 4 is 44.7 Å². The van der Waals surface area contributed by atoms with Crippen LogP contribution in [0.1, 0.15) is 18.4 Å². The summed E-state index contributed by atoms with van der Waals surface area (Å²) >= 11 is 9.18. The molecule has 21 heavy (non-hydrogen) atoms. The number of rotatable bonds is 3. The molecule has 0 aliphatic carbocycles. The molecule has 0 spiro atoms. The van der Waals surface area contributed by atoms with Crippen LogP contribution in [-0.2, 0) is 4.79 Å². The first-order valence-electron chi connectivity index (χ1n) is 6.95. The zero-order valence-electron chi connectivity index (χ0n) is 12.3. The van der Waals surface area contributed by atoms with Crippen LogP contribution >= 0.6 is 28.1 Å². The number of primary amides is 1. The van der Waals surface area contributed by atoms with Crippen LogP contribution in [0, 0.1) is 5.92 Å². The fourth-order valence-electron chi connectivity index (χ4n) is 2.55. The summed E-state index contributed by atoms with van der Waals surface area (Å²) < 4.78 is 1.03. The number of benzene rings is 1. The van der Waals surface area contributed by atoms with Gasteiger partial charge in [-0.1, -0.05) is 12.2 Å². The van der Waals surface area contributed by atoms with E-state index in [1.54, 1.807) is 0 Å². The van der Waals surface area contributed by atoms with Crippen LogP contribution in [0.5, 0.6) is 0 Å². The quantitative estimate of drug-likeness (QED) is 0.831. The molecule has 0 aromatic heterocycles. The van der Waals surface area contributed by atoms with E-state index in [0.717, 1.165) is 46.6 Å². The van der Waals surface area contributed by atoms with Gasteiger partial charge in [0.15, 0.2) is 0 Å². The van der Waals surface area contributed by atoms with Gasteiger partial charge in [0.2, 0.25) is 5.91 Å². The van der Waals surface area contributed by atoms with Crippen LogP contribution in [0.4, 0.5) is 5.69 Å². The van der Waals surface area contributed by atoms with Crippen molar-refractivity contribution in [3.05, 3.63) is 28.2 Å². The summed E-state index contributed by atoms with van der Waals surface area (Å²) in [5.74, 6) is -0.203. The second-order valence-corrected chi connectivity index (χ2v) is 6.77. The lowest BCUT2D eigenvalue weighted by Gasteiger charge is -2.32. The van der Waals surface area contributed by atoms with Crippen LogP contribution in [-0.4, -0.2) is 43.0 Å². The predicted molar refractivity (Wildman–Crippen MR) is 93.7 cm³/mol. The molecular formula is C15H20BrN3OS. The lowest BCUT2D eigenvalue weighted by molar-refractivity contribution is -0.122. The third-order valence-corrected chi connectivity index (χ3v) is 4.99. The van der Waals surface area contributed by atoms with Gasteiger partial charge in [0.25, 0.3) is 0 Å². The van der Waals surface area contributed by atoms with Crippen molar-refractivity contribution < 1.29 is 4.79 Å². The molecule has 1 amide bonds. The van der Waals surface area contributed by atoms with E-state index in [4.69, 9.17) is 18.0 Å². The van der Waals surface area contributed by atoms with E-state index < -0.39 is 0 Å². The molecule has 0 atom stereocenters. The van der Waals surface area contributed by atoms with Crippen molar-refractivity contribution in [2.75, 3.05) is 32.1 Å². The maximum atomic E-state index is 11.2. The smallest absolute Gasteiger partial charge is 0.220 e. The molecule has 1 saturated heterocycles. The SMILES string of the molecule is CN(C)c1ccc(C(=S)N2CCC(C(N)=O)CC2)cc1Br. The minimum atomic E-state index is -0.196. The molecule has 1 fully saturated rings. The number of halogens is 1. The molecule has 1 heterocycles. The van der Waals surface area contributed by atoms with Gasteiger partial charge in [0.05, 0.1) is 5.69 Å². The maximum absolute atomic E-state index is 11.2. The van der Waals surface area contributed by atoms with Gasteiger partial charge < -0.3 is 15.5 Å². The largest absolute Gasteiger partial charge is 0.377 e. The Morgan fingerprint density at radius 2 is 2.00 bits per heavy atom. The number of anilines is 1. The first kappa shape index (κ1) is 16.2. The number of likely N-dealkylation sites (tertiary alicyclic amines) is 1. The Morgan fingerprint density at radius 3 is 2.48 bits per heavy atom. The third kappa shape index (κ3) is 3.74. The Bertz CT molecular complexity index is 554. The lowest BCUT2D eigenvalue weighted by atomic mass is 9.96. The van der Waals surface area contributed by atoms with Gasteiger partial charge in [0.1, 0.15) is 4.99 Å². The highest BCUT2D eigenvalue weighted by atomic mass is 79.9. The number of carbonyl (C=O) groups is 1. The van der Waals surface area contributed by atoms with Gasteiger partial charge in [-0.05, 0) is 47.0 Å². The van der Waals surface area contributed by atoms with E-state index >= 15 is 0 Å². The summed E-state index contributed by atoms with van der Waals surface area (Å²) in [6.07, 6.45) is 1.57. The summed E-state index contributed by atoms with van der Waals surface area (Å²) in [6, 6.07) is 6.16. The topological polar surface area (TPSA) is 49.6 Å². The normalized spacial score (nSPS) is 15.9. The van der Waals surface area contributed by atoms with Crippen LogP contribution in [0.2, 0.25) is 0 Å². The van der Waals surface area contributed by atoms with Crippen molar-refractivity contribution in [2.45, 2.75) is 12.8 Å². The summed E-state index contributed by atoms with van der Waals surface area (Å²) in [5, 5.41) is 0. The van der Waals surface area contributed by atoms with E-state index in [1.165, 1.54) is 0 Å². The number of carbonyl (C=O) groups excluding carboxylic acids is 1. The second-order valence-electron chi connectivity index (χ2n) is 5.53. The van der Waals surface area contributed by atoms with Crippen LogP contribution < -0.4 is 10.6 Å². The molecule has 1 aromatic rings. The van der Waals surface area contributed by atoms with Crippen LogP contribution in [0.3, 0.4) is 0 Å². The molecule has 4 nitrogen and oxygen atoms in total.